The summed E-state index contributed by atoms with van der Waals surface area (Å²) in [4.78, 5) is 65.6. The number of hydrogen-bond donors (Lipinski definition) is 2. The first-order chi connectivity index (χ1) is 30.7. The van der Waals surface area contributed by atoms with E-state index in [9.17, 15) is 19.2 Å². The molecule has 3 atom stereocenters. The van der Waals surface area contributed by atoms with Crippen molar-refractivity contribution in [1.29, 1.82) is 0 Å². The number of ether oxygens (including phenoxy) is 3. The van der Waals surface area contributed by atoms with Gasteiger partial charge in [0.1, 0.15) is 29.7 Å². The van der Waals surface area contributed by atoms with Gasteiger partial charge in [0, 0.05) is 52.0 Å². The van der Waals surface area contributed by atoms with Gasteiger partial charge in [0.25, 0.3) is 5.91 Å². The molecule has 0 radical (unpaired) electrons. The van der Waals surface area contributed by atoms with Crippen LogP contribution in [0.15, 0.2) is 53.7 Å². The van der Waals surface area contributed by atoms with Crippen LogP contribution >= 0.6 is 0 Å². The molecule has 17 heteroatoms. The minimum Gasteiger partial charge on any atom is -0.480 e. The van der Waals surface area contributed by atoms with Crippen molar-refractivity contribution >= 4 is 45.9 Å². The zero-order valence-electron chi connectivity index (χ0n) is 35.6. The lowest BCUT2D eigenvalue weighted by molar-refractivity contribution is -0.135. The van der Waals surface area contributed by atoms with E-state index >= 15 is 0 Å². The highest BCUT2D eigenvalue weighted by atomic mass is 16.5. The number of rotatable bonds is 10. The van der Waals surface area contributed by atoms with Crippen LogP contribution in [0.3, 0.4) is 0 Å². The normalized spacial score (nSPS) is 24.2. The van der Waals surface area contributed by atoms with Gasteiger partial charge in [0.15, 0.2) is 5.65 Å². The van der Waals surface area contributed by atoms with Gasteiger partial charge in [-0.05, 0) is 93.0 Å². The number of amides is 3. The van der Waals surface area contributed by atoms with Gasteiger partial charge in [-0.25, -0.2) is 19.3 Å². The predicted molar refractivity (Wildman–Crippen MR) is 233 cm³/mol. The lowest BCUT2D eigenvalue weighted by Crippen LogP contribution is -2.44. The minimum atomic E-state index is -0.741. The molecule has 10 rings (SSSR count). The number of benzene rings is 1. The average Bonchev–Trinajstić information content (AvgIpc) is 4.10. The Balaban J connectivity index is 0.700. The number of carbonyl (C=O) groups excluding carboxylic acids is 3. The Hall–Kier alpha value is -6.09. The van der Waals surface area contributed by atoms with Crippen LogP contribution < -0.4 is 26.0 Å². The Morgan fingerprint density at radius 1 is 1.05 bits per heavy atom. The second-order valence-corrected chi connectivity index (χ2v) is 17.6. The van der Waals surface area contributed by atoms with E-state index in [2.05, 4.69) is 42.4 Å². The molecular weight excluding hydrogens is 805 g/mol. The molecule has 4 saturated heterocycles. The summed E-state index contributed by atoms with van der Waals surface area (Å²) in [6.45, 7) is 4.83. The molecule has 4 aromatic heterocycles. The van der Waals surface area contributed by atoms with Crippen molar-refractivity contribution in [2.45, 2.75) is 88.0 Å². The molecule has 2 bridgehead atoms. The maximum absolute atomic E-state index is 13.7. The van der Waals surface area contributed by atoms with E-state index in [0.717, 1.165) is 82.5 Å². The van der Waals surface area contributed by atoms with Crippen LogP contribution in [0.5, 0.6) is 5.88 Å². The molecule has 5 aliphatic rings. The molecule has 1 aliphatic carbocycles. The molecule has 0 spiro atoms. The Kier molecular flexibility index (Phi) is 11.2. The number of nitrogens with one attached hydrogen (secondary N) is 2. The lowest BCUT2D eigenvalue weighted by atomic mass is 9.78. The van der Waals surface area contributed by atoms with Gasteiger partial charge >= 0.3 is 5.69 Å². The number of fused-ring (bicyclic) bond motifs is 4. The van der Waals surface area contributed by atoms with Gasteiger partial charge < -0.3 is 29.3 Å². The molecule has 5 aromatic rings. The van der Waals surface area contributed by atoms with Gasteiger partial charge in [-0.2, -0.15) is 5.10 Å². The molecule has 2 N–H and O–H groups in total. The zero-order chi connectivity index (χ0) is 43.2. The van der Waals surface area contributed by atoms with Gasteiger partial charge in [-0.3, -0.25) is 28.8 Å². The monoisotopic (exact) mass is 856 g/mol. The Bertz CT molecular complexity index is 2700. The van der Waals surface area contributed by atoms with Crippen LogP contribution in [0.4, 0.5) is 11.5 Å². The van der Waals surface area contributed by atoms with Crippen LogP contribution in [-0.2, 0) is 26.1 Å². The number of anilines is 2. The molecule has 1 saturated carbocycles. The largest absolute Gasteiger partial charge is 0.480 e. The van der Waals surface area contributed by atoms with E-state index in [1.54, 1.807) is 24.9 Å². The number of imidazole rings is 1. The van der Waals surface area contributed by atoms with Crippen LogP contribution in [-0.4, -0.2) is 116 Å². The molecular formula is C46H52N10O7. The number of hydrogen-bond acceptors (Lipinski definition) is 12. The van der Waals surface area contributed by atoms with Crippen LogP contribution in [0, 0.1) is 17.8 Å². The number of aromatic nitrogens is 6. The van der Waals surface area contributed by atoms with E-state index in [1.807, 2.05) is 42.7 Å². The second-order valence-electron chi connectivity index (χ2n) is 17.6. The van der Waals surface area contributed by atoms with Crippen molar-refractivity contribution in [3.05, 3.63) is 76.1 Å². The van der Waals surface area contributed by atoms with Crippen LogP contribution in [0.2, 0.25) is 0 Å². The van der Waals surface area contributed by atoms with E-state index in [-0.39, 0.29) is 49.2 Å². The minimum absolute atomic E-state index is 0.138. The smallest absolute Gasteiger partial charge is 0.329 e. The molecule has 1 aromatic carbocycles. The first kappa shape index (κ1) is 41.0. The van der Waals surface area contributed by atoms with Crippen molar-refractivity contribution in [1.82, 2.24) is 38.9 Å². The molecule has 8 heterocycles. The fourth-order valence-corrected chi connectivity index (χ4v) is 10.4. The number of pyridine rings is 1. The number of aryl methyl sites for hydroxylation is 1. The fourth-order valence-electron chi connectivity index (χ4n) is 10.4. The van der Waals surface area contributed by atoms with E-state index in [0.29, 0.717) is 63.9 Å². The molecule has 63 heavy (non-hydrogen) atoms. The standard InChI is InChI=1S/C46H52N10O7/c1-52-41-30(5-3-7-37(41)56(46(52)60)38-12-13-40(57)51-44(38)59)6-4-20-62-33-14-17-53(18-15-33)25-28-8-10-29(11-9-28)31-21-36(45(61-2)47-23-31)49-43(58)35-24-48-55-19-16-39(50-42(35)55)54-26-34-22-32(54)27-63-34/h3,5,7,16,19,21,23-24,28-29,32-34,38H,8-15,17-18,20,22,25-27H2,1-2H3,(H,49,58)(H,51,57,59)/t28-,29-,32-,34-,38?/m1/s1. The van der Waals surface area contributed by atoms with E-state index in [4.69, 9.17) is 19.2 Å². The summed E-state index contributed by atoms with van der Waals surface area (Å²) in [5.74, 6) is 7.42. The number of methoxy groups -OCH3 is 1. The van der Waals surface area contributed by atoms with Crippen molar-refractivity contribution in [2.75, 3.05) is 56.7 Å². The summed E-state index contributed by atoms with van der Waals surface area (Å²) in [5, 5.41) is 9.81. The van der Waals surface area contributed by atoms with Gasteiger partial charge in [-0.15, -0.1) is 0 Å². The fraction of sp³-hybridized carbons (Fsp3) is 0.500. The highest BCUT2D eigenvalue weighted by Gasteiger charge is 2.40. The highest BCUT2D eigenvalue weighted by molar-refractivity contribution is 6.08. The molecule has 17 nitrogen and oxygen atoms in total. The Morgan fingerprint density at radius 3 is 2.65 bits per heavy atom. The molecule has 328 valence electrons. The number of nitrogens with zero attached hydrogens (tertiary/aromatic N) is 8. The first-order valence-electron chi connectivity index (χ1n) is 22.1. The van der Waals surface area contributed by atoms with Crippen molar-refractivity contribution < 1.29 is 28.6 Å². The number of imide groups is 1. The molecule has 3 amide bonds. The number of likely N-dealkylation sites (tertiary alicyclic amines) is 1. The van der Waals surface area contributed by atoms with Crippen LogP contribution in [0.25, 0.3) is 16.7 Å². The lowest BCUT2D eigenvalue weighted by Gasteiger charge is -2.36. The third kappa shape index (κ3) is 8.07. The van der Waals surface area contributed by atoms with Gasteiger partial charge in [-0.1, -0.05) is 17.9 Å². The molecule has 1 unspecified atom stereocenters. The summed E-state index contributed by atoms with van der Waals surface area (Å²) < 4.78 is 22.2. The van der Waals surface area contributed by atoms with Crippen molar-refractivity contribution in [3.8, 4) is 17.7 Å². The summed E-state index contributed by atoms with van der Waals surface area (Å²) in [6, 6.07) is 9.03. The third-order valence-electron chi connectivity index (χ3n) is 13.7. The number of carbonyl (C=O) groups is 3. The van der Waals surface area contributed by atoms with Gasteiger partial charge in [0.05, 0.1) is 54.8 Å². The SMILES string of the molecule is COc1ncc([C@H]2CC[C@H](CN3CCC(OCC#Cc4cccc5c4n(C)c(=O)n5C4CCC(=O)NC4=O)CC3)CC2)cc1NC(=O)c1cnn2ccc(N3C[C@H]4C[C@@H]3CO4)nc12. The Labute approximate surface area is 364 Å². The number of piperidine rings is 2. The van der Waals surface area contributed by atoms with E-state index in [1.165, 1.54) is 9.13 Å². The predicted octanol–water partition coefficient (Wildman–Crippen LogP) is 3.80. The Morgan fingerprint density at radius 2 is 1.89 bits per heavy atom. The number of para-hydroxylation sites is 1. The molecule has 5 fully saturated rings. The summed E-state index contributed by atoms with van der Waals surface area (Å²) in [5.41, 5.74) is 4.17. The third-order valence-corrected chi connectivity index (χ3v) is 13.7. The quantitative estimate of drug-likeness (QED) is 0.154. The number of morpholine rings is 1. The summed E-state index contributed by atoms with van der Waals surface area (Å²) in [7, 11) is 3.24. The summed E-state index contributed by atoms with van der Waals surface area (Å²) >= 11 is 0. The van der Waals surface area contributed by atoms with Crippen LogP contribution in [0.1, 0.15) is 91.2 Å². The maximum atomic E-state index is 13.7. The van der Waals surface area contributed by atoms with E-state index < -0.39 is 11.9 Å². The average molecular weight is 857 g/mol. The van der Waals surface area contributed by atoms with Crippen molar-refractivity contribution in [2.24, 2.45) is 13.0 Å². The zero-order valence-corrected chi connectivity index (χ0v) is 35.6. The second kappa shape index (κ2) is 17.2. The van der Waals surface area contributed by atoms with Crippen molar-refractivity contribution in [3.63, 3.8) is 0 Å². The summed E-state index contributed by atoms with van der Waals surface area (Å²) in [6.07, 6.45) is 13.4. The highest BCUT2D eigenvalue weighted by Crippen LogP contribution is 2.39. The first-order valence-corrected chi connectivity index (χ1v) is 22.1. The maximum Gasteiger partial charge on any atom is 0.329 e. The topological polar surface area (TPSA) is 179 Å². The molecule has 4 aliphatic heterocycles. The van der Waals surface area contributed by atoms with Gasteiger partial charge in [0.2, 0.25) is 17.7 Å².